The van der Waals surface area contributed by atoms with Gasteiger partial charge in [-0.3, -0.25) is 9.59 Å². The summed E-state index contributed by atoms with van der Waals surface area (Å²) in [5.74, 6) is 0.0269. The van der Waals surface area contributed by atoms with E-state index in [0.717, 1.165) is 18.4 Å². The normalized spacial score (nSPS) is 20.1. The molecule has 2 fully saturated rings. The minimum absolute atomic E-state index is 0.0485. The summed E-state index contributed by atoms with van der Waals surface area (Å²) < 4.78 is 27.4. The molecule has 2 saturated heterocycles. The topological polar surface area (TPSA) is 86.8 Å². The van der Waals surface area contributed by atoms with Crippen LogP contribution in [0.4, 0.5) is 5.69 Å². The van der Waals surface area contributed by atoms with Gasteiger partial charge in [-0.1, -0.05) is 37.3 Å². The van der Waals surface area contributed by atoms with E-state index in [4.69, 9.17) is 0 Å². The number of benzene rings is 2. The Morgan fingerprint density at radius 3 is 2.29 bits per heavy atom. The SMILES string of the molecule is CC1CCCN(S(=O)(=O)c2ccc(NC(=O)C3CCN(C(=O)/C=C/c4ccccc4)CC3)cc2)C1. The Hall–Kier alpha value is -2.97. The van der Waals surface area contributed by atoms with E-state index in [1.165, 1.54) is 0 Å². The third-order valence-electron chi connectivity index (χ3n) is 6.77. The molecule has 2 aromatic rings. The number of carbonyl (C=O) groups is 2. The second-order valence-corrected chi connectivity index (χ2v) is 11.4. The zero-order valence-corrected chi connectivity index (χ0v) is 20.9. The first-order chi connectivity index (χ1) is 16.8. The Balaban J connectivity index is 1.28. The molecular formula is C27H33N3O4S. The highest BCUT2D eigenvalue weighted by molar-refractivity contribution is 7.89. The van der Waals surface area contributed by atoms with E-state index in [1.54, 1.807) is 45.6 Å². The Labute approximate surface area is 207 Å². The van der Waals surface area contributed by atoms with Gasteiger partial charge in [-0.15, -0.1) is 0 Å². The van der Waals surface area contributed by atoms with Gasteiger partial charge in [-0.25, -0.2) is 8.42 Å². The van der Waals surface area contributed by atoms with E-state index < -0.39 is 10.0 Å². The second kappa shape index (κ2) is 11.2. The molecule has 2 aromatic carbocycles. The summed E-state index contributed by atoms with van der Waals surface area (Å²) in [6.45, 7) is 4.23. The number of rotatable bonds is 6. The number of amides is 2. The van der Waals surface area contributed by atoms with Crippen molar-refractivity contribution in [2.45, 2.75) is 37.5 Å². The first-order valence-electron chi connectivity index (χ1n) is 12.3. The fraction of sp³-hybridized carbons (Fsp3) is 0.407. The molecule has 2 amide bonds. The molecule has 2 aliphatic rings. The number of hydrogen-bond acceptors (Lipinski definition) is 4. The van der Waals surface area contributed by atoms with E-state index in [-0.39, 0.29) is 22.6 Å². The minimum atomic E-state index is -3.52. The number of likely N-dealkylation sites (tertiary alicyclic amines) is 1. The Morgan fingerprint density at radius 1 is 0.943 bits per heavy atom. The fourth-order valence-electron chi connectivity index (χ4n) is 4.67. The summed E-state index contributed by atoms with van der Waals surface area (Å²) in [7, 11) is -3.52. The highest BCUT2D eigenvalue weighted by atomic mass is 32.2. The van der Waals surface area contributed by atoms with E-state index in [2.05, 4.69) is 12.2 Å². The van der Waals surface area contributed by atoms with Crippen LogP contribution in [-0.2, 0) is 19.6 Å². The van der Waals surface area contributed by atoms with Gasteiger partial charge in [-0.2, -0.15) is 4.31 Å². The fourth-order valence-corrected chi connectivity index (χ4v) is 6.27. The smallest absolute Gasteiger partial charge is 0.246 e. The molecule has 1 atom stereocenters. The predicted octanol–water partition coefficient (Wildman–Crippen LogP) is 4.00. The number of piperidine rings is 2. The molecule has 2 aliphatic heterocycles. The number of carbonyl (C=O) groups excluding carboxylic acids is 2. The second-order valence-electron chi connectivity index (χ2n) is 9.47. The van der Waals surface area contributed by atoms with Crippen molar-refractivity contribution in [2.24, 2.45) is 11.8 Å². The van der Waals surface area contributed by atoms with Crippen molar-refractivity contribution in [3.63, 3.8) is 0 Å². The van der Waals surface area contributed by atoms with Crippen LogP contribution in [0.1, 0.15) is 38.2 Å². The molecule has 0 spiro atoms. The molecule has 4 rings (SSSR count). The molecule has 0 aliphatic carbocycles. The Morgan fingerprint density at radius 2 is 1.63 bits per heavy atom. The molecule has 1 unspecified atom stereocenters. The van der Waals surface area contributed by atoms with Gasteiger partial charge >= 0.3 is 0 Å². The molecule has 2 heterocycles. The minimum Gasteiger partial charge on any atom is -0.339 e. The summed E-state index contributed by atoms with van der Waals surface area (Å²) in [6, 6.07) is 16.1. The van der Waals surface area contributed by atoms with Crippen LogP contribution in [-0.4, -0.2) is 55.6 Å². The van der Waals surface area contributed by atoms with Crippen LogP contribution >= 0.6 is 0 Å². The van der Waals surface area contributed by atoms with Gasteiger partial charge in [0.25, 0.3) is 0 Å². The van der Waals surface area contributed by atoms with Crippen molar-refractivity contribution >= 4 is 33.6 Å². The zero-order valence-electron chi connectivity index (χ0n) is 20.1. The van der Waals surface area contributed by atoms with Crippen LogP contribution in [0.2, 0.25) is 0 Å². The third-order valence-corrected chi connectivity index (χ3v) is 8.65. The van der Waals surface area contributed by atoms with E-state index in [1.807, 2.05) is 30.3 Å². The first-order valence-corrected chi connectivity index (χ1v) is 13.7. The molecule has 186 valence electrons. The number of hydrogen-bond donors (Lipinski definition) is 1. The van der Waals surface area contributed by atoms with Crippen molar-refractivity contribution in [3.05, 3.63) is 66.2 Å². The lowest BCUT2D eigenvalue weighted by molar-refractivity contribution is -0.130. The summed E-state index contributed by atoms with van der Waals surface area (Å²) >= 11 is 0. The highest BCUT2D eigenvalue weighted by Gasteiger charge is 2.29. The largest absolute Gasteiger partial charge is 0.339 e. The monoisotopic (exact) mass is 495 g/mol. The van der Waals surface area contributed by atoms with Gasteiger partial charge in [-0.05, 0) is 67.5 Å². The lowest BCUT2D eigenvalue weighted by Crippen LogP contribution is -2.40. The average molecular weight is 496 g/mol. The Kier molecular flexibility index (Phi) is 8.03. The molecule has 8 heteroatoms. The third kappa shape index (κ3) is 6.38. The van der Waals surface area contributed by atoms with Gasteiger partial charge in [0.2, 0.25) is 21.8 Å². The summed E-state index contributed by atoms with van der Waals surface area (Å²) in [5.41, 5.74) is 1.55. The molecular weight excluding hydrogens is 462 g/mol. The van der Waals surface area contributed by atoms with Crippen molar-refractivity contribution in [1.82, 2.24) is 9.21 Å². The van der Waals surface area contributed by atoms with Gasteiger partial charge < -0.3 is 10.2 Å². The van der Waals surface area contributed by atoms with Crippen LogP contribution < -0.4 is 5.32 Å². The van der Waals surface area contributed by atoms with Crippen LogP contribution in [0.5, 0.6) is 0 Å². The maximum absolute atomic E-state index is 12.9. The van der Waals surface area contributed by atoms with Crippen LogP contribution in [0.15, 0.2) is 65.6 Å². The summed E-state index contributed by atoms with van der Waals surface area (Å²) in [5, 5.41) is 2.90. The number of nitrogens with zero attached hydrogens (tertiary/aromatic N) is 2. The molecule has 35 heavy (non-hydrogen) atoms. The number of anilines is 1. The zero-order chi connectivity index (χ0) is 24.8. The number of nitrogens with one attached hydrogen (secondary N) is 1. The maximum Gasteiger partial charge on any atom is 0.246 e. The molecule has 0 bridgehead atoms. The molecule has 0 radical (unpaired) electrons. The standard InChI is InChI=1S/C27H33N3O4S/c1-21-6-5-17-30(20-21)35(33,34)25-12-10-24(11-13-25)28-27(32)23-15-18-29(19-16-23)26(31)14-9-22-7-3-2-4-8-22/h2-4,7-14,21,23H,5-6,15-20H2,1H3,(H,28,32)/b14-9+. The predicted molar refractivity (Wildman–Crippen MR) is 137 cm³/mol. The maximum atomic E-state index is 12.9. The van der Waals surface area contributed by atoms with E-state index in [9.17, 15) is 18.0 Å². The van der Waals surface area contributed by atoms with Crippen molar-refractivity contribution in [2.75, 3.05) is 31.5 Å². The van der Waals surface area contributed by atoms with Gasteiger partial charge in [0.1, 0.15) is 0 Å². The van der Waals surface area contributed by atoms with Gasteiger partial charge in [0.15, 0.2) is 0 Å². The van der Waals surface area contributed by atoms with Crippen LogP contribution in [0.3, 0.4) is 0 Å². The van der Waals surface area contributed by atoms with Crippen molar-refractivity contribution < 1.29 is 18.0 Å². The molecule has 0 aromatic heterocycles. The van der Waals surface area contributed by atoms with Crippen molar-refractivity contribution in [3.8, 4) is 0 Å². The first kappa shape index (κ1) is 25.1. The van der Waals surface area contributed by atoms with Gasteiger partial charge in [0.05, 0.1) is 4.90 Å². The quantitative estimate of drug-likeness (QED) is 0.614. The summed E-state index contributed by atoms with van der Waals surface area (Å²) in [6.07, 6.45) is 6.50. The average Bonchev–Trinajstić information content (AvgIpc) is 2.88. The molecule has 1 N–H and O–H groups in total. The van der Waals surface area contributed by atoms with Crippen LogP contribution in [0, 0.1) is 11.8 Å². The summed E-state index contributed by atoms with van der Waals surface area (Å²) in [4.78, 5) is 27.3. The lowest BCUT2D eigenvalue weighted by Gasteiger charge is -2.30. The molecule has 0 saturated carbocycles. The highest BCUT2D eigenvalue weighted by Crippen LogP contribution is 2.25. The van der Waals surface area contributed by atoms with Crippen molar-refractivity contribution in [1.29, 1.82) is 0 Å². The lowest BCUT2D eigenvalue weighted by atomic mass is 9.95. The number of sulfonamides is 1. The molecule has 7 nitrogen and oxygen atoms in total. The van der Waals surface area contributed by atoms with Crippen LogP contribution in [0.25, 0.3) is 6.08 Å². The van der Waals surface area contributed by atoms with E-state index >= 15 is 0 Å². The van der Waals surface area contributed by atoms with E-state index in [0.29, 0.717) is 50.6 Å². The van der Waals surface area contributed by atoms with Gasteiger partial charge in [0, 0.05) is 43.9 Å². The Bertz CT molecular complexity index is 1150.